The van der Waals surface area contributed by atoms with Crippen molar-refractivity contribution in [3.8, 4) is 0 Å². The predicted octanol–water partition coefficient (Wildman–Crippen LogP) is 2.60. The summed E-state index contributed by atoms with van der Waals surface area (Å²) in [6.07, 6.45) is 0. The van der Waals surface area contributed by atoms with Crippen molar-refractivity contribution in [1.29, 1.82) is 0 Å². The van der Waals surface area contributed by atoms with Crippen molar-refractivity contribution in [1.82, 2.24) is 0 Å². The largest absolute Gasteiger partial charge is 0.144 e. The molecule has 0 aromatic carbocycles. The highest BCUT2D eigenvalue weighted by Crippen LogP contribution is 2.16. The second-order valence-corrected chi connectivity index (χ2v) is 2.53. The van der Waals surface area contributed by atoms with Gasteiger partial charge >= 0.3 is 0 Å². The summed E-state index contributed by atoms with van der Waals surface area (Å²) in [5.74, 6) is 0. The van der Waals surface area contributed by atoms with Crippen LogP contribution in [0.2, 0.25) is 0 Å². The number of thiophene rings is 1. The zero-order valence-corrected chi connectivity index (χ0v) is 5.37. The highest BCUT2D eigenvalue weighted by molar-refractivity contribution is 7.11. The number of hydrogen-bond donors (Lipinski definition) is 0. The summed E-state index contributed by atoms with van der Waals surface area (Å²) < 4.78 is 0. The SMILES string of the molecule is [CH2]C(=C)c1cccs1. The molecule has 0 atom stereocenters. The molecule has 1 aromatic rings. The summed E-state index contributed by atoms with van der Waals surface area (Å²) in [4.78, 5) is 1.17. The fourth-order valence-electron chi connectivity index (χ4n) is 0.480. The summed E-state index contributed by atoms with van der Waals surface area (Å²) in [6.45, 7) is 7.39. The lowest BCUT2D eigenvalue weighted by Gasteiger charge is -1.86. The summed E-state index contributed by atoms with van der Waals surface area (Å²) in [7, 11) is 0. The van der Waals surface area contributed by atoms with E-state index in [1.807, 2.05) is 17.5 Å². The minimum absolute atomic E-state index is 0.903. The molecule has 1 aromatic heterocycles. The van der Waals surface area contributed by atoms with Crippen LogP contribution in [-0.4, -0.2) is 0 Å². The summed E-state index contributed by atoms with van der Waals surface area (Å²) >= 11 is 1.67. The summed E-state index contributed by atoms with van der Waals surface area (Å²) in [5, 5.41) is 2.02. The first kappa shape index (κ1) is 5.57. The predicted molar refractivity (Wildman–Crippen MR) is 38.7 cm³/mol. The maximum Gasteiger partial charge on any atom is 0.0296 e. The average molecular weight is 123 g/mol. The van der Waals surface area contributed by atoms with Gasteiger partial charge in [0.05, 0.1) is 0 Å². The van der Waals surface area contributed by atoms with Crippen LogP contribution < -0.4 is 0 Å². The Hall–Kier alpha value is -0.560. The van der Waals surface area contributed by atoms with Gasteiger partial charge in [0.25, 0.3) is 0 Å². The Balaban J connectivity index is 2.93. The molecule has 0 fully saturated rings. The average Bonchev–Trinajstić information content (AvgIpc) is 2.12. The van der Waals surface area contributed by atoms with E-state index in [1.165, 1.54) is 4.88 Å². The van der Waals surface area contributed by atoms with E-state index >= 15 is 0 Å². The standard InChI is InChI=1S/C7H7S/c1-6(2)7-4-3-5-8-7/h3-5H,1-2H2. The molecule has 0 aliphatic heterocycles. The third kappa shape index (κ3) is 0.984. The van der Waals surface area contributed by atoms with E-state index in [9.17, 15) is 0 Å². The lowest BCUT2D eigenvalue weighted by atomic mass is 10.3. The molecule has 0 amide bonds. The monoisotopic (exact) mass is 123 g/mol. The Morgan fingerprint density at radius 2 is 2.38 bits per heavy atom. The van der Waals surface area contributed by atoms with Crippen molar-refractivity contribution >= 4 is 16.9 Å². The highest BCUT2D eigenvalue weighted by Gasteiger charge is 1.89. The number of allylic oxidation sites excluding steroid dienone is 1. The van der Waals surface area contributed by atoms with Crippen molar-refractivity contribution in [3.63, 3.8) is 0 Å². The molecule has 41 valence electrons. The molecule has 0 aliphatic carbocycles. The quantitative estimate of drug-likeness (QED) is 0.538. The van der Waals surface area contributed by atoms with Gasteiger partial charge in [0.2, 0.25) is 0 Å². The third-order valence-electron chi connectivity index (χ3n) is 0.870. The summed E-state index contributed by atoms with van der Waals surface area (Å²) in [6, 6.07) is 4.01. The highest BCUT2D eigenvalue weighted by atomic mass is 32.1. The lowest BCUT2D eigenvalue weighted by molar-refractivity contribution is 1.89. The van der Waals surface area contributed by atoms with Crippen molar-refractivity contribution < 1.29 is 0 Å². The maximum atomic E-state index is 3.70. The van der Waals surface area contributed by atoms with Crippen LogP contribution in [0.4, 0.5) is 0 Å². The molecule has 1 radical (unpaired) electrons. The Morgan fingerprint density at radius 3 is 2.62 bits per heavy atom. The van der Waals surface area contributed by atoms with Crippen molar-refractivity contribution in [2.24, 2.45) is 0 Å². The third-order valence-corrected chi connectivity index (χ3v) is 1.84. The van der Waals surface area contributed by atoms with Gasteiger partial charge in [-0.2, -0.15) is 0 Å². The maximum absolute atomic E-state index is 3.70. The molecule has 8 heavy (non-hydrogen) atoms. The van der Waals surface area contributed by atoms with E-state index < -0.39 is 0 Å². The molecule has 1 heterocycles. The molecule has 0 saturated heterocycles. The van der Waals surface area contributed by atoms with Gasteiger partial charge in [0, 0.05) is 4.88 Å². The van der Waals surface area contributed by atoms with Crippen LogP contribution in [-0.2, 0) is 0 Å². The van der Waals surface area contributed by atoms with E-state index in [-0.39, 0.29) is 0 Å². The van der Waals surface area contributed by atoms with Crippen LogP contribution in [0.15, 0.2) is 24.1 Å². The second kappa shape index (κ2) is 2.14. The first-order valence-corrected chi connectivity index (χ1v) is 3.23. The van der Waals surface area contributed by atoms with Crippen LogP contribution >= 0.6 is 11.3 Å². The lowest BCUT2D eigenvalue weighted by Crippen LogP contribution is -1.62. The van der Waals surface area contributed by atoms with Crippen molar-refractivity contribution in [2.45, 2.75) is 0 Å². The minimum Gasteiger partial charge on any atom is -0.144 e. The first-order valence-electron chi connectivity index (χ1n) is 2.35. The molecular formula is C7H7S. The summed E-state index contributed by atoms with van der Waals surface area (Å²) in [5.41, 5.74) is 0.903. The van der Waals surface area contributed by atoms with Gasteiger partial charge in [0.15, 0.2) is 0 Å². The number of hydrogen-bond acceptors (Lipinski definition) is 1. The van der Waals surface area contributed by atoms with Crippen molar-refractivity contribution in [3.05, 3.63) is 35.9 Å². The molecule has 0 N–H and O–H groups in total. The molecule has 1 rings (SSSR count). The molecule has 0 spiro atoms. The molecule has 0 unspecified atom stereocenters. The minimum atomic E-state index is 0.903. The molecule has 0 nitrogen and oxygen atoms in total. The van der Waals surface area contributed by atoms with Crippen LogP contribution in [0, 0.1) is 6.92 Å². The Labute approximate surface area is 53.5 Å². The van der Waals surface area contributed by atoms with E-state index in [4.69, 9.17) is 0 Å². The molecule has 0 aliphatic rings. The van der Waals surface area contributed by atoms with Gasteiger partial charge in [-0.05, 0) is 23.9 Å². The Morgan fingerprint density at radius 1 is 1.62 bits per heavy atom. The molecule has 0 saturated carbocycles. The normalized spacial score (nSPS) is 9.12. The zero-order valence-electron chi connectivity index (χ0n) is 4.55. The van der Waals surface area contributed by atoms with Crippen LogP contribution in [0.1, 0.15) is 4.88 Å². The molecule has 0 bridgehead atoms. The van der Waals surface area contributed by atoms with E-state index in [2.05, 4.69) is 13.5 Å². The molecular weight excluding hydrogens is 116 g/mol. The Kier molecular flexibility index (Phi) is 1.49. The van der Waals surface area contributed by atoms with Crippen LogP contribution in [0.25, 0.3) is 5.57 Å². The van der Waals surface area contributed by atoms with Crippen molar-refractivity contribution in [2.75, 3.05) is 0 Å². The van der Waals surface area contributed by atoms with Crippen LogP contribution in [0.5, 0.6) is 0 Å². The van der Waals surface area contributed by atoms with Crippen LogP contribution in [0.3, 0.4) is 0 Å². The fourth-order valence-corrected chi connectivity index (χ4v) is 1.11. The van der Waals surface area contributed by atoms with E-state index in [1.54, 1.807) is 11.3 Å². The Bertz CT molecular complexity index is 172. The van der Waals surface area contributed by atoms with Gasteiger partial charge < -0.3 is 0 Å². The fraction of sp³-hybridized carbons (Fsp3) is 0. The van der Waals surface area contributed by atoms with Gasteiger partial charge in [-0.1, -0.05) is 12.6 Å². The smallest absolute Gasteiger partial charge is 0.0296 e. The van der Waals surface area contributed by atoms with E-state index in [0.29, 0.717) is 0 Å². The number of rotatable bonds is 1. The first-order chi connectivity index (χ1) is 3.80. The molecule has 1 heteroatoms. The topological polar surface area (TPSA) is 0 Å². The van der Waals surface area contributed by atoms with Gasteiger partial charge in [-0.3, -0.25) is 0 Å². The van der Waals surface area contributed by atoms with Gasteiger partial charge in [-0.15, -0.1) is 11.3 Å². The van der Waals surface area contributed by atoms with Gasteiger partial charge in [-0.25, -0.2) is 0 Å². The van der Waals surface area contributed by atoms with E-state index in [0.717, 1.165) is 5.57 Å². The zero-order chi connectivity index (χ0) is 5.98. The second-order valence-electron chi connectivity index (χ2n) is 1.58. The van der Waals surface area contributed by atoms with Gasteiger partial charge in [0.1, 0.15) is 0 Å².